The molecule has 1 aliphatic heterocycles. The summed E-state index contributed by atoms with van der Waals surface area (Å²) in [5.41, 5.74) is -0.228. The monoisotopic (exact) mass is 209 g/mol. The van der Waals surface area contributed by atoms with Gasteiger partial charge < -0.3 is 0 Å². The minimum atomic E-state index is -0.228. The summed E-state index contributed by atoms with van der Waals surface area (Å²) in [5.74, 6) is 0.369. The molecular formula is C13H23NO. The Morgan fingerprint density at radius 3 is 2.60 bits per heavy atom. The van der Waals surface area contributed by atoms with Gasteiger partial charge in [-0.3, -0.25) is 9.69 Å². The van der Waals surface area contributed by atoms with Gasteiger partial charge in [0.05, 0.1) is 6.04 Å². The molecule has 1 saturated heterocycles. The summed E-state index contributed by atoms with van der Waals surface area (Å²) >= 11 is 0. The lowest BCUT2D eigenvalue weighted by molar-refractivity contribution is -0.131. The zero-order chi connectivity index (χ0) is 11.6. The Morgan fingerprint density at radius 2 is 2.13 bits per heavy atom. The summed E-state index contributed by atoms with van der Waals surface area (Å²) in [4.78, 5) is 14.5. The van der Waals surface area contributed by atoms with Gasteiger partial charge in [0.2, 0.25) is 0 Å². The lowest BCUT2D eigenvalue weighted by Crippen LogP contribution is -2.45. The second-order valence-corrected chi connectivity index (χ2v) is 5.49. The Kier molecular flexibility index (Phi) is 3.72. The van der Waals surface area contributed by atoms with Crippen LogP contribution in [0, 0.1) is 5.41 Å². The first-order chi connectivity index (χ1) is 6.88. The average Bonchev–Trinajstić information content (AvgIpc) is 2.62. The van der Waals surface area contributed by atoms with Gasteiger partial charge in [-0.25, -0.2) is 0 Å². The van der Waals surface area contributed by atoms with Gasteiger partial charge in [-0.1, -0.05) is 26.8 Å². The van der Waals surface area contributed by atoms with Crippen LogP contribution in [-0.2, 0) is 4.79 Å². The fourth-order valence-corrected chi connectivity index (χ4v) is 2.19. The number of ketones is 1. The van der Waals surface area contributed by atoms with E-state index in [1.165, 1.54) is 0 Å². The van der Waals surface area contributed by atoms with E-state index in [9.17, 15) is 4.79 Å². The number of carbonyl (C=O) groups is 1. The highest BCUT2D eigenvalue weighted by Crippen LogP contribution is 2.28. The molecule has 2 unspecified atom stereocenters. The van der Waals surface area contributed by atoms with Crippen molar-refractivity contribution in [1.29, 1.82) is 0 Å². The van der Waals surface area contributed by atoms with E-state index in [1.54, 1.807) is 0 Å². The van der Waals surface area contributed by atoms with Crippen LogP contribution in [0.25, 0.3) is 0 Å². The van der Waals surface area contributed by atoms with Crippen molar-refractivity contribution >= 4 is 5.78 Å². The largest absolute Gasteiger partial charge is 0.297 e. The summed E-state index contributed by atoms with van der Waals surface area (Å²) in [6.07, 6.45) is 4.06. The van der Waals surface area contributed by atoms with E-state index >= 15 is 0 Å². The molecule has 86 valence electrons. The molecular weight excluding hydrogens is 186 g/mol. The Bertz CT molecular complexity index is 252. The van der Waals surface area contributed by atoms with Crippen molar-refractivity contribution in [2.45, 2.75) is 52.6 Å². The summed E-state index contributed by atoms with van der Waals surface area (Å²) < 4.78 is 0. The molecule has 0 radical (unpaired) electrons. The van der Waals surface area contributed by atoms with Crippen LogP contribution in [0.3, 0.4) is 0 Å². The normalized spacial score (nSPS) is 25.2. The molecule has 1 aliphatic rings. The van der Waals surface area contributed by atoms with Gasteiger partial charge in [0.1, 0.15) is 0 Å². The van der Waals surface area contributed by atoms with Gasteiger partial charge in [-0.05, 0) is 26.3 Å². The first-order valence-electron chi connectivity index (χ1n) is 5.80. The van der Waals surface area contributed by atoms with E-state index in [0.29, 0.717) is 11.8 Å². The van der Waals surface area contributed by atoms with Crippen LogP contribution in [0.2, 0.25) is 0 Å². The maximum Gasteiger partial charge on any atom is 0.155 e. The molecule has 0 saturated carbocycles. The molecule has 0 N–H and O–H groups in total. The second-order valence-electron chi connectivity index (χ2n) is 5.49. The Balaban J connectivity index is 2.77. The highest BCUT2D eigenvalue weighted by atomic mass is 16.1. The van der Waals surface area contributed by atoms with Crippen molar-refractivity contribution in [2.24, 2.45) is 5.41 Å². The molecule has 0 amide bonds. The van der Waals surface area contributed by atoms with Gasteiger partial charge >= 0.3 is 0 Å². The molecule has 2 atom stereocenters. The summed E-state index contributed by atoms with van der Waals surface area (Å²) in [6, 6.07) is 0.418. The van der Waals surface area contributed by atoms with Gasteiger partial charge in [0.25, 0.3) is 0 Å². The molecule has 0 aliphatic carbocycles. The molecule has 0 aromatic heterocycles. The van der Waals surface area contributed by atoms with Crippen LogP contribution >= 0.6 is 0 Å². The van der Waals surface area contributed by atoms with Crippen LogP contribution in [0.15, 0.2) is 12.7 Å². The molecule has 15 heavy (non-hydrogen) atoms. The lowest BCUT2D eigenvalue weighted by Gasteiger charge is -2.31. The number of carbonyl (C=O) groups excluding carboxylic acids is 1. The SMILES string of the molecule is C=CC(C)N1CCCC1C(=O)C(C)(C)C. The zero-order valence-electron chi connectivity index (χ0n) is 10.4. The van der Waals surface area contributed by atoms with E-state index in [1.807, 2.05) is 26.8 Å². The van der Waals surface area contributed by atoms with Crippen molar-refractivity contribution in [3.05, 3.63) is 12.7 Å². The summed E-state index contributed by atoms with van der Waals surface area (Å²) in [7, 11) is 0. The Hall–Kier alpha value is -0.630. The molecule has 0 spiro atoms. The quantitative estimate of drug-likeness (QED) is 0.666. The topological polar surface area (TPSA) is 20.3 Å². The molecule has 1 fully saturated rings. The molecule has 1 rings (SSSR count). The van der Waals surface area contributed by atoms with Crippen molar-refractivity contribution in [1.82, 2.24) is 4.90 Å². The smallest absolute Gasteiger partial charge is 0.155 e. The minimum absolute atomic E-state index is 0.109. The van der Waals surface area contributed by atoms with Crippen molar-refractivity contribution in [3.63, 3.8) is 0 Å². The van der Waals surface area contributed by atoms with Crippen molar-refractivity contribution in [3.8, 4) is 0 Å². The van der Waals surface area contributed by atoms with Crippen molar-refractivity contribution in [2.75, 3.05) is 6.54 Å². The van der Waals surface area contributed by atoms with E-state index in [4.69, 9.17) is 0 Å². The van der Waals surface area contributed by atoms with E-state index in [0.717, 1.165) is 19.4 Å². The molecule has 0 aromatic carbocycles. The fraction of sp³-hybridized carbons (Fsp3) is 0.769. The van der Waals surface area contributed by atoms with Gasteiger partial charge in [-0.15, -0.1) is 6.58 Å². The van der Waals surface area contributed by atoms with E-state index in [-0.39, 0.29) is 11.5 Å². The fourth-order valence-electron chi connectivity index (χ4n) is 2.19. The highest BCUT2D eigenvalue weighted by molar-refractivity contribution is 5.89. The number of rotatable bonds is 3. The third kappa shape index (κ3) is 2.69. The standard InChI is InChI=1S/C13H23NO/c1-6-10(2)14-9-7-8-11(14)12(15)13(3,4)5/h6,10-11H,1,7-9H2,2-5H3. The molecule has 1 heterocycles. The van der Waals surface area contributed by atoms with Crippen LogP contribution in [-0.4, -0.2) is 29.3 Å². The van der Waals surface area contributed by atoms with Gasteiger partial charge in [0.15, 0.2) is 5.78 Å². The predicted molar refractivity (Wildman–Crippen MR) is 63.8 cm³/mol. The second kappa shape index (κ2) is 4.48. The predicted octanol–water partition coefficient (Wildman–Crippen LogP) is 2.64. The minimum Gasteiger partial charge on any atom is -0.297 e. The number of hydrogen-bond acceptors (Lipinski definition) is 2. The third-order valence-electron chi connectivity index (χ3n) is 3.20. The number of likely N-dealkylation sites (tertiary alicyclic amines) is 1. The zero-order valence-corrected chi connectivity index (χ0v) is 10.4. The maximum absolute atomic E-state index is 12.2. The van der Waals surface area contributed by atoms with Crippen LogP contribution in [0.5, 0.6) is 0 Å². The number of Topliss-reactive ketones (excluding diaryl/α,β-unsaturated/α-hetero) is 1. The highest BCUT2D eigenvalue weighted by Gasteiger charge is 2.37. The first kappa shape index (κ1) is 12.4. The third-order valence-corrected chi connectivity index (χ3v) is 3.20. The summed E-state index contributed by atoms with van der Waals surface area (Å²) in [5, 5.41) is 0. The molecule has 0 aromatic rings. The van der Waals surface area contributed by atoms with Crippen molar-refractivity contribution < 1.29 is 4.79 Å². The average molecular weight is 209 g/mol. The van der Waals surface area contributed by atoms with E-state index in [2.05, 4.69) is 18.4 Å². The van der Waals surface area contributed by atoms with Gasteiger partial charge in [-0.2, -0.15) is 0 Å². The molecule has 0 bridgehead atoms. The Morgan fingerprint density at radius 1 is 1.53 bits per heavy atom. The van der Waals surface area contributed by atoms with Crippen LogP contribution < -0.4 is 0 Å². The summed E-state index contributed by atoms with van der Waals surface area (Å²) in [6.45, 7) is 13.0. The van der Waals surface area contributed by atoms with E-state index < -0.39 is 0 Å². The van der Waals surface area contributed by atoms with Gasteiger partial charge in [0, 0.05) is 11.5 Å². The molecule has 2 nitrogen and oxygen atoms in total. The maximum atomic E-state index is 12.2. The van der Waals surface area contributed by atoms with Crippen LogP contribution in [0.4, 0.5) is 0 Å². The Labute approximate surface area is 93.3 Å². The first-order valence-corrected chi connectivity index (χ1v) is 5.80. The number of hydrogen-bond donors (Lipinski definition) is 0. The molecule has 2 heteroatoms. The van der Waals surface area contributed by atoms with Crippen LogP contribution in [0.1, 0.15) is 40.5 Å². The number of nitrogens with zero attached hydrogens (tertiary/aromatic N) is 1. The lowest BCUT2D eigenvalue weighted by atomic mass is 9.85.